The van der Waals surface area contributed by atoms with Crippen molar-refractivity contribution in [3.05, 3.63) is 450 Å². The summed E-state index contributed by atoms with van der Waals surface area (Å²) in [4.78, 5) is 0. The largest absolute Gasteiger partial charge is 0.489 e. The Balaban J connectivity index is 0.705. The number of hydrogen-bond donors (Lipinski definition) is 0. The number of rotatable bonds is 43. The lowest BCUT2D eigenvalue weighted by Crippen LogP contribution is -2.05. The summed E-state index contributed by atoms with van der Waals surface area (Å²) in [5.41, 5.74) is 14.0. The second-order valence-electron chi connectivity index (χ2n) is 28.9. The van der Waals surface area contributed by atoms with E-state index in [1.165, 1.54) is 0 Å². The third kappa shape index (κ3) is 26.0. The van der Waals surface area contributed by atoms with E-state index >= 15 is 0 Å². The molecule has 0 spiro atoms. The summed E-state index contributed by atoms with van der Waals surface area (Å²) in [7, 11) is 0. The molecule has 0 radical (unpaired) electrons. The molecule has 0 fully saturated rings. The van der Waals surface area contributed by atoms with Crippen LogP contribution in [0, 0.1) is 0 Å². The highest BCUT2D eigenvalue weighted by atomic mass is 79.9. The number of ether oxygens (including phenoxy) is 14. The van der Waals surface area contributed by atoms with Gasteiger partial charge in [-0.15, -0.1) is 0 Å². The van der Waals surface area contributed by atoms with Crippen molar-refractivity contribution in [3.8, 4) is 80.5 Å². The molecule has 0 heterocycles. The van der Waals surface area contributed by atoms with Gasteiger partial charge in [0, 0.05) is 35.7 Å². The molecule has 15 aromatic rings. The molecule has 14 nitrogen and oxygen atoms in total. The van der Waals surface area contributed by atoms with Gasteiger partial charge in [-0.2, -0.15) is 0 Å². The van der Waals surface area contributed by atoms with Gasteiger partial charge in [-0.05, 0) is 200 Å². The molecule has 614 valence electrons. The smallest absolute Gasteiger partial charge is 0.138 e. The van der Waals surface area contributed by atoms with Crippen molar-refractivity contribution in [2.75, 3.05) is 0 Å². The molecule has 122 heavy (non-hydrogen) atoms. The molecule has 0 saturated heterocycles. The van der Waals surface area contributed by atoms with Gasteiger partial charge in [0.05, 0.1) is 0 Å². The van der Waals surface area contributed by atoms with Gasteiger partial charge in [-0.1, -0.05) is 259 Å². The van der Waals surface area contributed by atoms with Crippen LogP contribution in [0.3, 0.4) is 0 Å². The minimum Gasteiger partial charge on any atom is -0.489 e. The van der Waals surface area contributed by atoms with Gasteiger partial charge in [0.15, 0.2) is 0 Å². The zero-order chi connectivity index (χ0) is 83.1. The van der Waals surface area contributed by atoms with E-state index in [4.69, 9.17) is 66.3 Å². The quantitative estimate of drug-likeness (QED) is 0.0336. The summed E-state index contributed by atoms with van der Waals surface area (Å²) < 4.78 is 93.9. The Labute approximate surface area is 737 Å². The highest BCUT2D eigenvalue weighted by Crippen LogP contribution is 2.41. The normalized spacial score (nSPS) is 10.9. The monoisotopic (exact) mass is 1810 g/mol. The van der Waals surface area contributed by atoms with E-state index in [0.717, 1.165) is 83.5 Å². The minimum absolute atomic E-state index is 0.116. The number of alkyl halides is 1. The minimum atomic E-state index is 0.116. The van der Waals surface area contributed by atoms with Gasteiger partial charge in [0.25, 0.3) is 0 Å². The predicted octanol–water partition coefficient (Wildman–Crippen LogP) is 26.2. The summed E-state index contributed by atoms with van der Waals surface area (Å²) in [5, 5.41) is 0.514. The zero-order valence-corrected chi connectivity index (χ0v) is 71.8. The van der Waals surface area contributed by atoms with E-state index in [1.807, 2.05) is 358 Å². The van der Waals surface area contributed by atoms with Crippen LogP contribution in [-0.4, -0.2) is 0 Å². The Morgan fingerprint density at radius 3 is 0.426 bits per heavy atom. The highest BCUT2D eigenvalue weighted by Gasteiger charge is 2.19. The Kier molecular flexibility index (Phi) is 30.1. The molecular weight excluding hydrogens is 1720 g/mol. The number of halogens is 3. The second-order valence-corrected chi connectivity index (χ2v) is 31.1. The summed E-state index contributed by atoms with van der Waals surface area (Å²) in [5.74, 6) is 8.26. The van der Waals surface area contributed by atoms with Crippen molar-refractivity contribution in [1.82, 2.24) is 0 Å². The number of hydrogen-bond acceptors (Lipinski definition) is 14. The Morgan fingerprint density at radius 1 is 0.139 bits per heavy atom. The molecule has 15 aromatic carbocycles. The molecule has 0 amide bonds. The first-order valence-corrected chi connectivity index (χ1v) is 42.8. The van der Waals surface area contributed by atoms with Crippen LogP contribution in [-0.2, 0) is 97.8 Å². The standard InChI is InChI=1S/C105H89Br3O14/c106-60-83-41-90(113-69-86-47-96(115-71-84-43-92(109-61-75-25-9-1-10-26-75)56-93(44-84)110-62-76-27-11-2-12-28-76)58-97(48-86)116-72-85-45-94(111-63-77-29-13-3-14-30-77)57-95(46-85)112-64-78-31-15-4-16-32-78)55-91(42-83)114-70-87-49-98(117-73-88-51-100(119-65-79-33-17-5-18-34-79)104(107)101(52-88)120-66-80-35-19-6-20-36-80)59-99(50-87)118-74-89-53-102(121-67-81-37-21-7-22-38-81)105(108)103(54-89)122-68-82-39-23-8-24-40-82/h1-59H,60-74H2. The molecule has 0 atom stereocenters. The summed E-state index contributed by atoms with van der Waals surface area (Å²) in [6.45, 7) is 3.70. The SMILES string of the molecule is BrCc1cc(OCc2cc(OCc3cc(OCc4ccccc4)cc(OCc4ccccc4)c3)cc(OCc3cc(OCc4ccccc4)cc(OCc4ccccc4)c3)c2)cc(OCc2cc(OCc3cc(OCc4ccccc4)c(Br)c(OCc4ccccc4)c3)cc(OCc3cc(OCc4ccccc4)c(Br)c(OCc4ccccc4)c3)c2)c1. The fraction of sp³-hybridized carbons (Fsp3) is 0.143. The molecular formula is C105H89Br3O14. The molecule has 0 N–H and O–H groups in total. The molecule has 0 aliphatic heterocycles. The first kappa shape index (κ1) is 84.0. The van der Waals surface area contributed by atoms with Gasteiger partial charge in [-0.3, -0.25) is 0 Å². The Morgan fingerprint density at radius 2 is 0.270 bits per heavy atom. The van der Waals surface area contributed by atoms with Gasteiger partial charge in [0.1, 0.15) is 182 Å². The van der Waals surface area contributed by atoms with Crippen LogP contribution in [0.2, 0.25) is 0 Å². The van der Waals surface area contributed by atoms with Crippen molar-refractivity contribution in [2.24, 2.45) is 0 Å². The van der Waals surface area contributed by atoms with E-state index in [9.17, 15) is 0 Å². The van der Waals surface area contributed by atoms with Crippen LogP contribution in [0.4, 0.5) is 0 Å². The molecule has 17 heteroatoms. The third-order valence-electron chi connectivity index (χ3n) is 19.4. The van der Waals surface area contributed by atoms with E-state index in [0.29, 0.717) is 148 Å². The molecule has 0 aliphatic rings. The maximum Gasteiger partial charge on any atom is 0.138 e. The first-order valence-electron chi connectivity index (χ1n) is 40.1. The lowest BCUT2D eigenvalue weighted by molar-refractivity contribution is 0.270. The maximum atomic E-state index is 6.81. The van der Waals surface area contributed by atoms with Crippen LogP contribution >= 0.6 is 47.8 Å². The van der Waals surface area contributed by atoms with Crippen LogP contribution in [0.5, 0.6) is 80.5 Å². The van der Waals surface area contributed by atoms with Crippen LogP contribution in [0.15, 0.2) is 367 Å². The average molecular weight is 1810 g/mol. The van der Waals surface area contributed by atoms with Crippen molar-refractivity contribution < 1.29 is 66.3 Å². The van der Waals surface area contributed by atoms with E-state index in [-0.39, 0.29) is 39.6 Å². The highest BCUT2D eigenvalue weighted by molar-refractivity contribution is 9.11. The van der Waals surface area contributed by atoms with Crippen LogP contribution in [0.25, 0.3) is 0 Å². The third-order valence-corrected chi connectivity index (χ3v) is 21.6. The molecule has 15 rings (SSSR count). The molecule has 0 unspecified atom stereocenters. The van der Waals surface area contributed by atoms with Crippen molar-refractivity contribution in [2.45, 2.75) is 97.8 Å². The first-order chi connectivity index (χ1) is 60.1. The van der Waals surface area contributed by atoms with E-state index in [2.05, 4.69) is 47.8 Å². The van der Waals surface area contributed by atoms with Crippen LogP contribution in [0.1, 0.15) is 83.5 Å². The van der Waals surface area contributed by atoms with Crippen molar-refractivity contribution >= 4 is 47.8 Å². The average Bonchev–Trinajstić information content (AvgIpc) is 0.826. The lowest BCUT2D eigenvalue weighted by Gasteiger charge is -2.18. The maximum absolute atomic E-state index is 6.81. The summed E-state index contributed by atoms with van der Waals surface area (Å²) >= 11 is 11.4. The van der Waals surface area contributed by atoms with E-state index < -0.39 is 0 Å². The van der Waals surface area contributed by atoms with Gasteiger partial charge in [0.2, 0.25) is 0 Å². The lowest BCUT2D eigenvalue weighted by atomic mass is 10.1. The van der Waals surface area contributed by atoms with Gasteiger partial charge >= 0.3 is 0 Å². The topological polar surface area (TPSA) is 129 Å². The molecule has 0 bridgehead atoms. The Bertz CT molecular complexity index is 5230. The van der Waals surface area contributed by atoms with Gasteiger partial charge < -0.3 is 66.3 Å². The fourth-order valence-corrected chi connectivity index (χ4v) is 14.4. The molecule has 0 aliphatic carbocycles. The van der Waals surface area contributed by atoms with Gasteiger partial charge in [-0.25, -0.2) is 0 Å². The summed E-state index contributed by atoms with van der Waals surface area (Å²) in [6.07, 6.45) is 0. The zero-order valence-electron chi connectivity index (χ0n) is 67.0. The Hall–Kier alpha value is -13.1. The van der Waals surface area contributed by atoms with E-state index in [1.54, 1.807) is 0 Å². The second kappa shape index (κ2) is 43.8. The fourth-order valence-electron chi connectivity index (χ4n) is 13.1. The predicted molar refractivity (Wildman–Crippen MR) is 485 cm³/mol. The van der Waals surface area contributed by atoms with Crippen LogP contribution < -0.4 is 66.3 Å². The van der Waals surface area contributed by atoms with Crippen molar-refractivity contribution in [1.29, 1.82) is 0 Å². The van der Waals surface area contributed by atoms with Crippen molar-refractivity contribution in [3.63, 3.8) is 0 Å². The molecule has 0 saturated carbocycles. The summed E-state index contributed by atoms with van der Waals surface area (Å²) in [6, 6.07) is 118. The number of benzene rings is 15. The molecule has 0 aromatic heterocycles.